The average molecular weight is 653 g/mol. The van der Waals surface area contributed by atoms with Gasteiger partial charge < -0.3 is 13.6 Å². The number of furan rings is 1. The molecule has 0 saturated heterocycles. The fourth-order valence-electron chi connectivity index (χ4n) is 7.98. The van der Waals surface area contributed by atoms with Crippen molar-refractivity contribution in [2.75, 3.05) is 0 Å². The monoisotopic (exact) mass is 652 g/mol. The summed E-state index contributed by atoms with van der Waals surface area (Å²) in [5.74, 6) is 0. The fraction of sp³-hybridized carbons (Fsp3) is 0. The second kappa shape index (κ2) is 10.8. The van der Waals surface area contributed by atoms with Gasteiger partial charge in [-0.1, -0.05) is 103 Å². The maximum atomic E-state index is 6.54. The predicted molar refractivity (Wildman–Crippen MR) is 209 cm³/mol. The van der Waals surface area contributed by atoms with Crippen molar-refractivity contribution in [3.05, 3.63) is 170 Å². The molecule has 0 saturated carbocycles. The highest BCUT2D eigenvalue weighted by Crippen LogP contribution is 2.38. The van der Waals surface area contributed by atoms with E-state index in [1.54, 1.807) is 6.33 Å². The van der Waals surface area contributed by atoms with Crippen molar-refractivity contribution in [3.8, 4) is 33.8 Å². The van der Waals surface area contributed by atoms with Crippen LogP contribution in [0.25, 0.3) is 99.4 Å². The molecule has 0 aliphatic rings. The van der Waals surface area contributed by atoms with Crippen LogP contribution in [0.1, 0.15) is 0 Å². The Bertz CT molecular complexity index is 3060. The molecule has 0 amide bonds. The summed E-state index contributed by atoms with van der Waals surface area (Å²) in [5.41, 5.74) is 13.1. The summed E-state index contributed by atoms with van der Waals surface area (Å²) in [6.45, 7) is 0. The highest BCUT2D eigenvalue weighted by molar-refractivity contribution is 6.11. The van der Waals surface area contributed by atoms with Crippen molar-refractivity contribution in [1.29, 1.82) is 0 Å². The summed E-state index contributed by atoms with van der Waals surface area (Å²) in [6.07, 6.45) is 1.65. The van der Waals surface area contributed by atoms with E-state index in [0.29, 0.717) is 5.58 Å². The van der Waals surface area contributed by atoms with Crippen LogP contribution in [-0.4, -0.2) is 19.1 Å². The molecular weight excluding hydrogens is 625 g/mol. The topological polar surface area (TPSA) is 48.8 Å². The SMILES string of the molecule is c1cc(-c2ccc3oc4c(-c5cccc(-n6c7ccccc7c7ccccc76)c5)ncnc4c3c2)cc(-n2c3ccccc3c3ccccc32)c1. The lowest BCUT2D eigenvalue weighted by Crippen LogP contribution is -1.95. The Morgan fingerprint density at radius 1 is 0.392 bits per heavy atom. The van der Waals surface area contributed by atoms with E-state index in [4.69, 9.17) is 14.4 Å². The van der Waals surface area contributed by atoms with Crippen molar-refractivity contribution in [3.63, 3.8) is 0 Å². The minimum Gasteiger partial charge on any atom is -0.452 e. The zero-order chi connectivity index (χ0) is 33.5. The van der Waals surface area contributed by atoms with Crippen molar-refractivity contribution in [2.45, 2.75) is 0 Å². The second-order valence-electron chi connectivity index (χ2n) is 13.1. The van der Waals surface area contributed by atoms with Gasteiger partial charge in [-0.3, -0.25) is 0 Å². The Morgan fingerprint density at radius 3 is 1.45 bits per heavy atom. The maximum absolute atomic E-state index is 6.54. The van der Waals surface area contributed by atoms with Gasteiger partial charge in [0.2, 0.25) is 0 Å². The van der Waals surface area contributed by atoms with Gasteiger partial charge in [0.15, 0.2) is 5.58 Å². The molecule has 5 heteroatoms. The van der Waals surface area contributed by atoms with E-state index in [2.05, 4.69) is 173 Å². The zero-order valence-corrected chi connectivity index (χ0v) is 27.4. The van der Waals surface area contributed by atoms with Gasteiger partial charge >= 0.3 is 0 Å². The number of hydrogen-bond donors (Lipinski definition) is 0. The van der Waals surface area contributed by atoms with E-state index >= 15 is 0 Å². The van der Waals surface area contributed by atoms with Crippen LogP contribution in [0.2, 0.25) is 0 Å². The van der Waals surface area contributed by atoms with E-state index < -0.39 is 0 Å². The van der Waals surface area contributed by atoms with Crippen molar-refractivity contribution >= 4 is 65.7 Å². The number of aromatic nitrogens is 4. The van der Waals surface area contributed by atoms with Crippen LogP contribution in [0, 0.1) is 0 Å². The summed E-state index contributed by atoms with van der Waals surface area (Å²) in [7, 11) is 0. The third-order valence-corrected chi connectivity index (χ3v) is 10.2. The van der Waals surface area contributed by atoms with Crippen LogP contribution in [-0.2, 0) is 0 Å². The Hall–Kier alpha value is -6.98. The number of benzene rings is 7. The summed E-state index contributed by atoms with van der Waals surface area (Å²) in [5, 5.41) is 5.93. The van der Waals surface area contributed by atoms with Crippen molar-refractivity contribution in [2.24, 2.45) is 0 Å². The molecule has 0 fully saturated rings. The van der Waals surface area contributed by atoms with Gasteiger partial charge in [-0.2, -0.15) is 0 Å². The van der Waals surface area contributed by atoms with Crippen LogP contribution < -0.4 is 0 Å². The summed E-state index contributed by atoms with van der Waals surface area (Å²) < 4.78 is 11.2. The molecule has 4 aromatic heterocycles. The van der Waals surface area contributed by atoms with Crippen LogP contribution >= 0.6 is 0 Å². The number of hydrogen-bond acceptors (Lipinski definition) is 3. The molecule has 4 heterocycles. The van der Waals surface area contributed by atoms with Crippen molar-refractivity contribution < 1.29 is 4.42 Å². The maximum Gasteiger partial charge on any atom is 0.180 e. The molecule has 0 spiro atoms. The molecule has 238 valence electrons. The number of fused-ring (bicyclic) bond motifs is 9. The molecular formula is C46H28N4O. The zero-order valence-electron chi connectivity index (χ0n) is 27.4. The number of nitrogens with zero attached hydrogens (tertiary/aromatic N) is 4. The second-order valence-corrected chi connectivity index (χ2v) is 13.1. The first-order valence-corrected chi connectivity index (χ1v) is 17.2. The molecule has 0 bridgehead atoms. The highest BCUT2D eigenvalue weighted by atomic mass is 16.3. The molecule has 7 aromatic carbocycles. The lowest BCUT2D eigenvalue weighted by atomic mass is 10.0. The first-order valence-electron chi connectivity index (χ1n) is 17.2. The first kappa shape index (κ1) is 27.9. The van der Waals surface area contributed by atoms with E-state index in [1.165, 1.54) is 43.6 Å². The molecule has 51 heavy (non-hydrogen) atoms. The quantitative estimate of drug-likeness (QED) is 0.190. The number of para-hydroxylation sites is 4. The molecule has 5 nitrogen and oxygen atoms in total. The lowest BCUT2D eigenvalue weighted by molar-refractivity contribution is 0.667. The molecule has 11 aromatic rings. The Balaban J connectivity index is 1.03. The largest absolute Gasteiger partial charge is 0.452 e. The van der Waals surface area contributed by atoms with Gasteiger partial charge in [0.1, 0.15) is 23.1 Å². The van der Waals surface area contributed by atoms with Gasteiger partial charge in [0.25, 0.3) is 0 Å². The van der Waals surface area contributed by atoms with E-state index in [9.17, 15) is 0 Å². The van der Waals surface area contributed by atoms with Gasteiger partial charge in [-0.25, -0.2) is 9.97 Å². The van der Waals surface area contributed by atoms with Crippen LogP contribution in [0.4, 0.5) is 0 Å². The summed E-state index contributed by atoms with van der Waals surface area (Å²) in [6, 6.07) is 58.0. The van der Waals surface area contributed by atoms with Crippen LogP contribution in [0.15, 0.2) is 175 Å². The lowest BCUT2D eigenvalue weighted by Gasteiger charge is -2.10. The molecule has 0 N–H and O–H groups in total. The van der Waals surface area contributed by atoms with E-state index in [-0.39, 0.29) is 0 Å². The minimum absolute atomic E-state index is 0.683. The summed E-state index contributed by atoms with van der Waals surface area (Å²) in [4.78, 5) is 9.53. The van der Waals surface area contributed by atoms with Crippen LogP contribution in [0.5, 0.6) is 0 Å². The Labute approximate surface area is 292 Å². The molecule has 11 rings (SSSR count). The first-order chi connectivity index (χ1) is 25.3. The normalized spacial score (nSPS) is 11.9. The van der Waals surface area contributed by atoms with Gasteiger partial charge in [0, 0.05) is 43.9 Å². The molecule has 0 aliphatic carbocycles. The third-order valence-electron chi connectivity index (χ3n) is 10.2. The Kier molecular flexibility index (Phi) is 5.89. The molecule has 0 unspecified atom stereocenters. The predicted octanol–water partition coefficient (Wildman–Crippen LogP) is 11.9. The van der Waals surface area contributed by atoms with Crippen molar-refractivity contribution in [1.82, 2.24) is 19.1 Å². The minimum atomic E-state index is 0.683. The fourth-order valence-corrected chi connectivity index (χ4v) is 7.98. The Morgan fingerprint density at radius 2 is 0.882 bits per heavy atom. The molecule has 0 atom stereocenters. The molecule has 0 radical (unpaired) electrons. The van der Waals surface area contributed by atoms with E-state index in [0.717, 1.165) is 50.2 Å². The van der Waals surface area contributed by atoms with Crippen LogP contribution in [0.3, 0.4) is 0 Å². The van der Waals surface area contributed by atoms with Gasteiger partial charge in [0.05, 0.1) is 22.1 Å². The summed E-state index contributed by atoms with van der Waals surface area (Å²) >= 11 is 0. The average Bonchev–Trinajstić information content (AvgIpc) is 3.86. The molecule has 0 aliphatic heterocycles. The smallest absolute Gasteiger partial charge is 0.180 e. The van der Waals surface area contributed by atoms with Gasteiger partial charge in [-0.05, 0) is 71.8 Å². The van der Waals surface area contributed by atoms with E-state index in [1.807, 2.05) is 0 Å². The third kappa shape index (κ3) is 4.15. The van der Waals surface area contributed by atoms with Gasteiger partial charge in [-0.15, -0.1) is 0 Å². The highest BCUT2D eigenvalue weighted by Gasteiger charge is 2.18. The number of rotatable bonds is 4. The standard InChI is InChI=1S/C46H28N4O/c1-5-19-39-34(15-1)35-16-2-6-20-40(35)49(39)32-13-9-11-29(25-32)30-23-24-43-38(27-30)45-46(51-43)44(47-28-48-45)31-12-10-14-33(26-31)50-41-21-7-3-17-36(41)37-18-4-8-22-42(37)50/h1-28H.